The molecule has 0 aliphatic rings. The van der Waals surface area contributed by atoms with Crippen LogP contribution in [0.2, 0.25) is 0 Å². The molecule has 0 spiro atoms. The maximum absolute atomic E-state index is 11.5. The Kier molecular flexibility index (Phi) is 5.69. The predicted octanol–water partition coefficient (Wildman–Crippen LogP) is 2.85. The molecule has 0 heterocycles. The lowest BCUT2D eigenvalue weighted by molar-refractivity contribution is 0.250. The highest BCUT2D eigenvalue weighted by atomic mass is 79.9. The van der Waals surface area contributed by atoms with Gasteiger partial charge in [-0.15, -0.1) is 0 Å². The predicted molar refractivity (Wildman–Crippen MR) is 70.7 cm³/mol. The number of carbonyl (C=O) groups excluding carboxylic acids is 2. The second-order valence-corrected chi connectivity index (χ2v) is 4.48. The van der Waals surface area contributed by atoms with Crippen molar-refractivity contribution in [2.45, 2.75) is 25.8 Å². The van der Waals surface area contributed by atoms with Crippen molar-refractivity contribution in [3.63, 3.8) is 0 Å². The monoisotopic (exact) mass is 297 g/mol. The molecule has 1 radical (unpaired) electrons. The third kappa shape index (κ3) is 4.99. The van der Waals surface area contributed by atoms with Crippen LogP contribution in [0.15, 0.2) is 28.7 Å². The quantitative estimate of drug-likeness (QED) is 0.878. The van der Waals surface area contributed by atoms with Gasteiger partial charge in [0.15, 0.2) is 0 Å². The average Bonchev–Trinajstić information content (AvgIpc) is 2.31. The number of rotatable bonds is 5. The zero-order valence-electron chi connectivity index (χ0n) is 9.50. The van der Waals surface area contributed by atoms with Crippen molar-refractivity contribution in [3.8, 4) is 0 Å². The molecule has 2 amide bonds. The molecule has 0 saturated heterocycles. The Labute approximate surface area is 109 Å². The van der Waals surface area contributed by atoms with Crippen LogP contribution < -0.4 is 10.6 Å². The highest BCUT2D eigenvalue weighted by molar-refractivity contribution is 9.10. The fourth-order valence-electron chi connectivity index (χ4n) is 1.31. The van der Waals surface area contributed by atoms with E-state index in [2.05, 4.69) is 26.6 Å². The van der Waals surface area contributed by atoms with Gasteiger partial charge in [-0.3, -0.25) is 4.79 Å². The smallest absolute Gasteiger partial charge is 0.319 e. The fourth-order valence-corrected chi connectivity index (χ4v) is 1.57. The number of urea groups is 1. The average molecular weight is 298 g/mol. The summed E-state index contributed by atoms with van der Waals surface area (Å²) in [6.07, 6.45) is 3.21. The Hall–Kier alpha value is -1.36. The first kappa shape index (κ1) is 13.7. The lowest BCUT2D eigenvalue weighted by Gasteiger charge is -2.12. The van der Waals surface area contributed by atoms with Crippen molar-refractivity contribution >= 4 is 33.9 Å². The Morgan fingerprint density at radius 3 is 2.59 bits per heavy atom. The third-order valence-electron chi connectivity index (χ3n) is 2.13. The van der Waals surface area contributed by atoms with Crippen molar-refractivity contribution in [2.75, 3.05) is 5.32 Å². The van der Waals surface area contributed by atoms with Gasteiger partial charge in [0.1, 0.15) is 0 Å². The third-order valence-corrected chi connectivity index (χ3v) is 2.66. The van der Waals surface area contributed by atoms with Gasteiger partial charge in [-0.25, -0.2) is 4.79 Å². The molecule has 0 unspecified atom stereocenters. The lowest BCUT2D eigenvalue weighted by Crippen LogP contribution is -2.38. The molecular weight excluding hydrogens is 284 g/mol. The molecule has 4 nitrogen and oxygen atoms in total. The highest BCUT2D eigenvalue weighted by Gasteiger charge is 2.10. The molecule has 1 aromatic rings. The standard InChI is InChI=1S/C12H14BrN2O2/c1-2-3-11(8-16)15-12(17)14-10-6-4-9(13)5-7-10/h4-7,11H,2-3H2,1H3,(H2,14,15,17)/t11-/m0/s1. The molecule has 0 aliphatic carbocycles. The van der Waals surface area contributed by atoms with E-state index in [1.54, 1.807) is 18.4 Å². The Morgan fingerprint density at radius 1 is 1.41 bits per heavy atom. The summed E-state index contributed by atoms with van der Waals surface area (Å²) in [6.45, 7) is 1.94. The largest absolute Gasteiger partial charge is 0.328 e. The van der Waals surface area contributed by atoms with Crippen LogP contribution in [0, 0.1) is 0 Å². The number of hydrogen-bond acceptors (Lipinski definition) is 2. The number of carbonyl (C=O) groups is 1. The summed E-state index contributed by atoms with van der Waals surface area (Å²) in [5.74, 6) is 0. The molecule has 91 valence electrons. The van der Waals surface area contributed by atoms with E-state index >= 15 is 0 Å². The lowest BCUT2D eigenvalue weighted by atomic mass is 10.2. The van der Waals surface area contributed by atoms with E-state index < -0.39 is 12.1 Å². The normalized spacial score (nSPS) is 11.6. The van der Waals surface area contributed by atoms with Crippen molar-refractivity contribution in [1.82, 2.24) is 5.32 Å². The summed E-state index contributed by atoms with van der Waals surface area (Å²) in [5.41, 5.74) is 0.673. The van der Waals surface area contributed by atoms with E-state index in [0.717, 1.165) is 10.9 Å². The van der Waals surface area contributed by atoms with Gasteiger partial charge in [0.25, 0.3) is 0 Å². The van der Waals surface area contributed by atoms with Crippen LogP contribution in [0.25, 0.3) is 0 Å². The van der Waals surface area contributed by atoms with Crippen LogP contribution in [-0.4, -0.2) is 18.4 Å². The molecular formula is C12H14BrN2O2. The molecule has 1 rings (SSSR count). The summed E-state index contributed by atoms with van der Waals surface area (Å²) < 4.78 is 0.938. The number of nitrogens with one attached hydrogen (secondary N) is 2. The molecule has 17 heavy (non-hydrogen) atoms. The summed E-state index contributed by atoms with van der Waals surface area (Å²) in [4.78, 5) is 22.1. The van der Waals surface area contributed by atoms with Crippen LogP contribution in [0.4, 0.5) is 10.5 Å². The second-order valence-electron chi connectivity index (χ2n) is 3.56. The van der Waals surface area contributed by atoms with Gasteiger partial charge >= 0.3 is 6.03 Å². The number of anilines is 1. The van der Waals surface area contributed by atoms with E-state index in [4.69, 9.17) is 0 Å². The molecule has 1 aromatic carbocycles. The molecule has 0 bridgehead atoms. The zero-order valence-corrected chi connectivity index (χ0v) is 11.1. The van der Waals surface area contributed by atoms with Gasteiger partial charge in [-0.1, -0.05) is 29.3 Å². The minimum absolute atomic E-state index is 0.394. The number of amides is 2. The molecule has 0 aromatic heterocycles. The van der Waals surface area contributed by atoms with Gasteiger partial charge < -0.3 is 10.6 Å². The van der Waals surface area contributed by atoms with Crippen LogP contribution in [0.3, 0.4) is 0 Å². The second kappa shape index (κ2) is 7.06. The van der Waals surface area contributed by atoms with Crippen molar-refractivity contribution < 1.29 is 9.59 Å². The van der Waals surface area contributed by atoms with Gasteiger partial charge in [0.05, 0.1) is 6.04 Å². The summed E-state index contributed by atoms with van der Waals surface area (Å²) in [6, 6.07) is 6.24. The van der Waals surface area contributed by atoms with Crippen molar-refractivity contribution in [3.05, 3.63) is 28.7 Å². The van der Waals surface area contributed by atoms with E-state index in [0.29, 0.717) is 12.1 Å². The van der Waals surface area contributed by atoms with E-state index in [-0.39, 0.29) is 0 Å². The van der Waals surface area contributed by atoms with Crippen molar-refractivity contribution in [2.24, 2.45) is 0 Å². The van der Waals surface area contributed by atoms with Gasteiger partial charge in [0.2, 0.25) is 6.29 Å². The van der Waals surface area contributed by atoms with E-state index in [1.807, 2.05) is 19.1 Å². The van der Waals surface area contributed by atoms with Crippen LogP contribution in [0.1, 0.15) is 19.8 Å². The van der Waals surface area contributed by atoms with Crippen LogP contribution in [-0.2, 0) is 4.79 Å². The number of halogens is 1. The van der Waals surface area contributed by atoms with Gasteiger partial charge in [0, 0.05) is 10.2 Å². The first-order chi connectivity index (χ1) is 8.15. The highest BCUT2D eigenvalue weighted by Crippen LogP contribution is 2.13. The first-order valence-electron chi connectivity index (χ1n) is 5.36. The Morgan fingerprint density at radius 2 is 2.06 bits per heavy atom. The maximum Gasteiger partial charge on any atom is 0.319 e. The van der Waals surface area contributed by atoms with Gasteiger partial charge in [-0.2, -0.15) is 0 Å². The van der Waals surface area contributed by atoms with Crippen molar-refractivity contribution in [1.29, 1.82) is 0 Å². The van der Waals surface area contributed by atoms with Gasteiger partial charge in [-0.05, 0) is 30.7 Å². The zero-order chi connectivity index (χ0) is 12.7. The molecule has 0 saturated carbocycles. The molecule has 5 heteroatoms. The number of hydrogen-bond donors (Lipinski definition) is 2. The van der Waals surface area contributed by atoms with Crippen LogP contribution >= 0.6 is 15.9 Å². The maximum atomic E-state index is 11.5. The Bertz CT molecular complexity index is 379. The molecule has 1 atom stereocenters. The number of benzene rings is 1. The first-order valence-corrected chi connectivity index (χ1v) is 6.15. The molecule has 0 fully saturated rings. The topological polar surface area (TPSA) is 58.2 Å². The minimum atomic E-state index is -0.546. The summed E-state index contributed by atoms with van der Waals surface area (Å²) in [5, 5.41) is 5.19. The Balaban J connectivity index is 2.48. The fraction of sp³-hybridized carbons (Fsp3) is 0.333. The molecule has 2 N–H and O–H groups in total. The molecule has 0 aliphatic heterocycles. The summed E-state index contributed by atoms with van der Waals surface area (Å²) >= 11 is 3.30. The minimum Gasteiger partial charge on any atom is -0.328 e. The van der Waals surface area contributed by atoms with E-state index in [1.165, 1.54) is 0 Å². The summed E-state index contributed by atoms with van der Waals surface area (Å²) in [7, 11) is 0. The van der Waals surface area contributed by atoms with E-state index in [9.17, 15) is 9.59 Å². The van der Waals surface area contributed by atoms with Crippen LogP contribution in [0.5, 0.6) is 0 Å². The SMILES string of the molecule is CCC[C@@H]([C]=O)NC(=O)Nc1ccc(Br)cc1.